The van der Waals surface area contributed by atoms with E-state index in [1.807, 2.05) is 50.2 Å². The number of anilines is 2. The Morgan fingerprint density at radius 3 is 2.19 bits per heavy atom. The Morgan fingerprint density at radius 1 is 1.10 bits per heavy atom. The number of urea groups is 1. The molecule has 0 heterocycles. The minimum atomic E-state index is -0.166. The van der Waals surface area contributed by atoms with Crippen LogP contribution in [0.5, 0.6) is 0 Å². The smallest absolute Gasteiger partial charge is 0.326 e. The predicted molar refractivity (Wildman–Crippen MR) is 87.7 cm³/mol. The molecule has 0 saturated carbocycles. The molecule has 0 atom stereocenters. The molecule has 110 valence electrons. The molecule has 0 aliphatic heterocycles. The molecule has 0 aliphatic carbocycles. The Bertz CT molecular complexity index is 615. The number of benzene rings is 2. The van der Waals surface area contributed by atoms with E-state index in [9.17, 15) is 4.79 Å². The van der Waals surface area contributed by atoms with Crippen molar-refractivity contribution in [1.82, 2.24) is 0 Å². The van der Waals surface area contributed by atoms with E-state index in [0.29, 0.717) is 6.54 Å². The summed E-state index contributed by atoms with van der Waals surface area (Å²) in [5.41, 5.74) is 10.5. The van der Waals surface area contributed by atoms with Gasteiger partial charge >= 0.3 is 6.03 Å². The monoisotopic (exact) mass is 283 g/mol. The molecule has 2 aromatic rings. The quantitative estimate of drug-likeness (QED) is 0.906. The van der Waals surface area contributed by atoms with Crippen molar-refractivity contribution in [3.05, 3.63) is 59.2 Å². The van der Waals surface area contributed by atoms with Gasteiger partial charge in [0.15, 0.2) is 0 Å². The van der Waals surface area contributed by atoms with Crippen molar-refractivity contribution in [3.8, 4) is 0 Å². The molecule has 0 spiro atoms. The SMILES string of the molecule is Cc1cc(C)cc(N(C)C(=O)Nc2ccc(CN)cc2)c1. The number of carbonyl (C=O) groups is 1. The molecule has 0 fully saturated rings. The van der Waals surface area contributed by atoms with E-state index < -0.39 is 0 Å². The van der Waals surface area contributed by atoms with E-state index in [2.05, 4.69) is 11.4 Å². The zero-order valence-corrected chi connectivity index (χ0v) is 12.7. The van der Waals surface area contributed by atoms with E-state index in [1.54, 1.807) is 11.9 Å². The number of nitrogens with one attached hydrogen (secondary N) is 1. The fourth-order valence-electron chi connectivity index (χ4n) is 2.19. The maximum atomic E-state index is 12.3. The van der Waals surface area contributed by atoms with Crippen molar-refractivity contribution >= 4 is 17.4 Å². The van der Waals surface area contributed by atoms with E-state index in [4.69, 9.17) is 5.73 Å². The summed E-state index contributed by atoms with van der Waals surface area (Å²) in [6, 6.07) is 13.4. The van der Waals surface area contributed by atoms with Gasteiger partial charge in [-0.25, -0.2) is 4.79 Å². The number of nitrogens with zero attached hydrogens (tertiary/aromatic N) is 1. The van der Waals surface area contributed by atoms with E-state index in [1.165, 1.54) is 0 Å². The molecule has 0 unspecified atom stereocenters. The minimum absolute atomic E-state index is 0.166. The summed E-state index contributed by atoms with van der Waals surface area (Å²) in [5.74, 6) is 0. The topological polar surface area (TPSA) is 58.4 Å². The van der Waals surface area contributed by atoms with Crippen molar-refractivity contribution < 1.29 is 4.79 Å². The lowest BCUT2D eigenvalue weighted by Crippen LogP contribution is -2.31. The summed E-state index contributed by atoms with van der Waals surface area (Å²) < 4.78 is 0. The molecule has 0 radical (unpaired) electrons. The van der Waals surface area contributed by atoms with Crippen molar-refractivity contribution in [1.29, 1.82) is 0 Å². The molecule has 0 bridgehead atoms. The van der Waals surface area contributed by atoms with E-state index in [0.717, 1.165) is 28.1 Å². The van der Waals surface area contributed by atoms with Gasteiger partial charge in [0.2, 0.25) is 0 Å². The number of hydrogen-bond acceptors (Lipinski definition) is 2. The molecule has 4 heteroatoms. The predicted octanol–water partition coefficient (Wildman–Crippen LogP) is 3.43. The minimum Gasteiger partial charge on any atom is -0.326 e. The highest BCUT2D eigenvalue weighted by Crippen LogP contribution is 2.19. The van der Waals surface area contributed by atoms with Crippen LogP contribution in [0.4, 0.5) is 16.2 Å². The third-order valence-corrected chi connectivity index (χ3v) is 3.34. The van der Waals surface area contributed by atoms with E-state index in [-0.39, 0.29) is 6.03 Å². The summed E-state index contributed by atoms with van der Waals surface area (Å²) in [6.07, 6.45) is 0. The number of aryl methyl sites for hydroxylation is 2. The first kappa shape index (κ1) is 15.1. The van der Waals surface area contributed by atoms with Gasteiger partial charge in [0, 0.05) is 25.0 Å². The van der Waals surface area contributed by atoms with Crippen molar-refractivity contribution in [2.45, 2.75) is 20.4 Å². The van der Waals surface area contributed by atoms with Crippen molar-refractivity contribution in [2.75, 3.05) is 17.3 Å². The second kappa shape index (κ2) is 6.41. The van der Waals surface area contributed by atoms with Gasteiger partial charge in [0.25, 0.3) is 0 Å². The van der Waals surface area contributed by atoms with Gasteiger partial charge in [0.05, 0.1) is 0 Å². The normalized spacial score (nSPS) is 10.3. The third kappa shape index (κ3) is 3.83. The lowest BCUT2D eigenvalue weighted by molar-refractivity contribution is 0.258. The first-order valence-electron chi connectivity index (χ1n) is 6.91. The van der Waals surface area contributed by atoms with Gasteiger partial charge in [-0.05, 0) is 54.8 Å². The lowest BCUT2D eigenvalue weighted by atomic mass is 10.1. The number of hydrogen-bond donors (Lipinski definition) is 2. The molecular formula is C17H21N3O. The van der Waals surface area contributed by atoms with E-state index >= 15 is 0 Å². The average molecular weight is 283 g/mol. The second-order valence-electron chi connectivity index (χ2n) is 5.24. The van der Waals surface area contributed by atoms with Crippen LogP contribution in [-0.4, -0.2) is 13.1 Å². The molecule has 3 N–H and O–H groups in total. The summed E-state index contributed by atoms with van der Waals surface area (Å²) in [5, 5.41) is 2.88. The second-order valence-corrected chi connectivity index (χ2v) is 5.24. The van der Waals surface area contributed by atoms with Crippen LogP contribution in [0.25, 0.3) is 0 Å². The van der Waals surface area contributed by atoms with Crippen LogP contribution in [0.2, 0.25) is 0 Å². The molecule has 4 nitrogen and oxygen atoms in total. The maximum Gasteiger partial charge on any atom is 0.326 e. The molecule has 2 aromatic carbocycles. The Morgan fingerprint density at radius 2 is 1.67 bits per heavy atom. The summed E-state index contributed by atoms with van der Waals surface area (Å²) in [7, 11) is 1.76. The molecule has 21 heavy (non-hydrogen) atoms. The highest BCUT2D eigenvalue weighted by atomic mass is 16.2. The number of amides is 2. The zero-order chi connectivity index (χ0) is 15.4. The van der Waals surface area contributed by atoms with Crippen LogP contribution in [-0.2, 0) is 6.54 Å². The van der Waals surface area contributed by atoms with Crippen LogP contribution in [0.1, 0.15) is 16.7 Å². The van der Waals surface area contributed by atoms with Gasteiger partial charge < -0.3 is 11.1 Å². The standard InChI is InChI=1S/C17H21N3O/c1-12-8-13(2)10-16(9-12)20(3)17(21)19-15-6-4-14(11-18)5-7-15/h4-10H,11,18H2,1-3H3,(H,19,21). The van der Waals surface area contributed by atoms with Gasteiger partial charge in [-0.15, -0.1) is 0 Å². The van der Waals surface area contributed by atoms with Gasteiger partial charge in [0.1, 0.15) is 0 Å². The summed E-state index contributed by atoms with van der Waals surface area (Å²) in [4.78, 5) is 13.9. The summed E-state index contributed by atoms with van der Waals surface area (Å²) >= 11 is 0. The summed E-state index contributed by atoms with van der Waals surface area (Å²) in [6.45, 7) is 4.54. The van der Waals surface area contributed by atoms with Crippen molar-refractivity contribution in [2.24, 2.45) is 5.73 Å². The zero-order valence-electron chi connectivity index (χ0n) is 12.7. The van der Waals surface area contributed by atoms with Crippen LogP contribution in [0.15, 0.2) is 42.5 Å². The van der Waals surface area contributed by atoms with Crippen LogP contribution in [0.3, 0.4) is 0 Å². The largest absolute Gasteiger partial charge is 0.326 e. The molecule has 2 amide bonds. The van der Waals surface area contributed by atoms with Crippen molar-refractivity contribution in [3.63, 3.8) is 0 Å². The Labute approximate surface area is 125 Å². The highest BCUT2D eigenvalue weighted by Gasteiger charge is 2.11. The highest BCUT2D eigenvalue weighted by molar-refractivity contribution is 6.01. The van der Waals surface area contributed by atoms with Crippen LogP contribution < -0.4 is 16.0 Å². The fraction of sp³-hybridized carbons (Fsp3) is 0.235. The van der Waals surface area contributed by atoms with Crippen LogP contribution >= 0.6 is 0 Å². The lowest BCUT2D eigenvalue weighted by Gasteiger charge is -2.19. The van der Waals surface area contributed by atoms with Gasteiger partial charge in [-0.2, -0.15) is 0 Å². The molecular weight excluding hydrogens is 262 g/mol. The number of carbonyl (C=O) groups excluding carboxylic acids is 1. The van der Waals surface area contributed by atoms with Crippen LogP contribution in [0, 0.1) is 13.8 Å². The van der Waals surface area contributed by atoms with Gasteiger partial charge in [-0.1, -0.05) is 18.2 Å². The molecule has 0 aliphatic rings. The first-order valence-corrected chi connectivity index (χ1v) is 6.91. The number of nitrogens with two attached hydrogens (primary N) is 1. The molecule has 2 rings (SSSR count). The Balaban J connectivity index is 2.11. The first-order chi connectivity index (χ1) is 9.99. The molecule has 0 aromatic heterocycles. The van der Waals surface area contributed by atoms with Gasteiger partial charge in [-0.3, -0.25) is 4.90 Å². The Kier molecular flexibility index (Phi) is 4.60. The maximum absolute atomic E-state index is 12.3. The number of rotatable bonds is 3. The molecule has 0 saturated heterocycles. The fourth-order valence-corrected chi connectivity index (χ4v) is 2.19. The average Bonchev–Trinajstić information content (AvgIpc) is 2.46. The Hall–Kier alpha value is -2.33. The third-order valence-electron chi connectivity index (χ3n) is 3.34.